The van der Waals surface area contributed by atoms with Crippen LogP contribution in [0, 0.1) is 10.1 Å². The van der Waals surface area contributed by atoms with Crippen LogP contribution in [0.15, 0.2) is 21.7 Å². The Morgan fingerprint density at radius 3 is 2.67 bits per heavy atom. The molecule has 1 aliphatic heterocycles. The molecule has 1 aromatic heterocycles. The summed E-state index contributed by atoms with van der Waals surface area (Å²) in [5.41, 5.74) is -0.661. The molecule has 10 heteroatoms. The van der Waals surface area contributed by atoms with Crippen LogP contribution < -0.4 is 11.1 Å². The number of non-ortho nitro benzene ring substituents is 1. The monoisotopic (exact) mass is 356 g/mol. The molecule has 1 aliphatic rings. The van der Waals surface area contributed by atoms with E-state index in [0.29, 0.717) is 17.6 Å². The summed E-state index contributed by atoms with van der Waals surface area (Å²) in [6.45, 7) is 1.13. The van der Waals surface area contributed by atoms with Gasteiger partial charge in [-0.1, -0.05) is 0 Å². The van der Waals surface area contributed by atoms with E-state index in [-0.39, 0.29) is 36.3 Å². The number of nitro benzene ring substituents is 1. The zero-order chi connectivity index (χ0) is 16.6. The maximum Gasteiger partial charge on any atom is 0.314 e. The number of benzene rings is 1. The molecule has 0 spiro atoms. The molecule has 0 amide bonds. The first-order chi connectivity index (χ1) is 11.0. The number of nitro groups is 1. The predicted octanol–water partition coefficient (Wildman–Crippen LogP) is 0.503. The third kappa shape index (κ3) is 3.32. The topological polar surface area (TPSA) is 132 Å². The van der Waals surface area contributed by atoms with Gasteiger partial charge in [-0.2, -0.15) is 0 Å². The molecule has 1 aromatic carbocycles. The first kappa shape index (κ1) is 18.1. The van der Waals surface area contributed by atoms with Crippen LogP contribution in [-0.2, 0) is 6.54 Å². The van der Waals surface area contributed by atoms with Crippen LogP contribution >= 0.6 is 12.4 Å². The second kappa shape index (κ2) is 7.12. The highest BCUT2D eigenvalue weighted by molar-refractivity contribution is 5.85. The highest BCUT2D eigenvalue weighted by Gasteiger charge is 2.25. The van der Waals surface area contributed by atoms with Crippen LogP contribution in [0.5, 0.6) is 0 Å². The minimum atomic E-state index is -0.849. The Morgan fingerprint density at radius 2 is 2.00 bits per heavy atom. The Labute approximate surface area is 141 Å². The fourth-order valence-corrected chi connectivity index (χ4v) is 3.04. The van der Waals surface area contributed by atoms with Gasteiger partial charge in [-0.25, -0.2) is 0 Å². The fraction of sp³-hybridized carbons (Fsp3) is 0.429. The van der Waals surface area contributed by atoms with E-state index in [0.717, 1.165) is 19.4 Å². The molecule has 0 aliphatic carbocycles. The van der Waals surface area contributed by atoms with Crippen molar-refractivity contribution in [2.75, 3.05) is 13.2 Å². The van der Waals surface area contributed by atoms with Gasteiger partial charge >= 0.3 is 11.1 Å². The van der Waals surface area contributed by atoms with E-state index in [1.54, 1.807) is 0 Å². The van der Waals surface area contributed by atoms with Gasteiger partial charge in [0.15, 0.2) is 0 Å². The summed E-state index contributed by atoms with van der Waals surface area (Å²) >= 11 is 0. The zero-order valence-electron chi connectivity index (χ0n) is 12.7. The molecule has 1 unspecified atom stereocenters. The smallest absolute Gasteiger partial charge is 0.314 e. The number of hydrogen-bond donors (Lipinski definition) is 3. The van der Waals surface area contributed by atoms with Gasteiger partial charge in [0.1, 0.15) is 0 Å². The predicted molar refractivity (Wildman–Crippen MR) is 89.6 cm³/mol. The molecule has 1 fully saturated rings. The van der Waals surface area contributed by atoms with Crippen molar-refractivity contribution in [3.8, 4) is 0 Å². The molecule has 3 rings (SSSR count). The Morgan fingerprint density at radius 1 is 1.29 bits per heavy atom. The Bertz CT molecular complexity index is 878. The van der Waals surface area contributed by atoms with Crippen molar-refractivity contribution in [3.05, 3.63) is 48.5 Å². The lowest BCUT2D eigenvalue weighted by Gasteiger charge is -2.23. The second-order valence-corrected chi connectivity index (χ2v) is 5.64. The summed E-state index contributed by atoms with van der Waals surface area (Å²) in [6, 6.07) is 2.62. The van der Waals surface area contributed by atoms with Crippen molar-refractivity contribution in [3.63, 3.8) is 0 Å². The molecule has 3 N–H and O–H groups in total. The molecule has 1 atom stereocenters. The molecule has 0 bridgehead atoms. The summed E-state index contributed by atoms with van der Waals surface area (Å²) in [5, 5.41) is 20.5. The lowest BCUT2D eigenvalue weighted by molar-refractivity contribution is -0.384. The number of nitrogens with one attached hydrogen (secondary N) is 2. The number of aromatic nitrogens is 2. The standard InChI is InChI=1S/C14H16N4O5.ClH/c19-7-9-2-1-3-17(9)6-8-4-10(18(22)23)5-11-12(8)16-14(21)13(20)15-11;/h4-5,9,19H,1-3,6-7H2,(H,15,20)(H,16,21);1H. The number of halogens is 1. The zero-order valence-corrected chi connectivity index (χ0v) is 13.5. The number of fused-ring (bicyclic) bond motifs is 1. The number of aromatic amines is 2. The number of H-pyrrole nitrogens is 2. The van der Waals surface area contributed by atoms with Crippen molar-refractivity contribution in [1.29, 1.82) is 0 Å². The molecular formula is C14H17ClN4O5. The van der Waals surface area contributed by atoms with Crippen LogP contribution in [-0.4, -0.2) is 44.1 Å². The van der Waals surface area contributed by atoms with Gasteiger partial charge in [0.05, 0.1) is 22.6 Å². The second-order valence-electron chi connectivity index (χ2n) is 5.64. The van der Waals surface area contributed by atoms with Crippen LogP contribution in [0.1, 0.15) is 18.4 Å². The third-order valence-corrected chi connectivity index (χ3v) is 4.19. The molecular weight excluding hydrogens is 340 g/mol. The van der Waals surface area contributed by atoms with Crippen LogP contribution in [0.25, 0.3) is 11.0 Å². The fourth-order valence-electron chi connectivity index (χ4n) is 3.04. The van der Waals surface area contributed by atoms with E-state index in [1.807, 2.05) is 4.90 Å². The minimum Gasteiger partial charge on any atom is -0.395 e. The molecule has 0 radical (unpaired) electrons. The quantitative estimate of drug-likeness (QED) is 0.415. The van der Waals surface area contributed by atoms with Crippen LogP contribution in [0.2, 0.25) is 0 Å². The third-order valence-electron chi connectivity index (χ3n) is 4.19. The number of aliphatic hydroxyl groups excluding tert-OH is 1. The Balaban J connectivity index is 0.00000208. The van der Waals surface area contributed by atoms with Gasteiger partial charge in [0.25, 0.3) is 5.69 Å². The average Bonchev–Trinajstić information content (AvgIpc) is 2.96. The number of aliphatic hydroxyl groups is 1. The Kier molecular flexibility index (Phi) is 5.37. The largest absolute Gasteiger partial charge is 0.395 e. The van der Waals surface area contributed by atoms with E-state index in [1.165, 1.54) is 12.1 Å². The Hall–Kier alpha value is -2.23. The van der Waals surface area contributed by atoms with E-state index >= 15 is 0 Å². The van der Waals surface area contributed by atoms with Gasteiger partial charge < -0.3 is 15.1 Å². The molecule has 2 aromatic rings. The number of nitrogens with zero attached hydrogens (tertiary/aromatic N) is 2. The van der Waals surface area contributed by atoms with Crippen molar-refractivity contribution in [2.24, 2.45) is 0 Å². The van der Waals surface area contributed by atoms with Crippen LogP contribution in [0.4, 0.5) is 5.69 Å². The highest BCUT2D eigenvalue weighted by atomic mass is 35.5. The van der Waals surface area contributed by atoms with E-state index in [4.69, 9.17) is 0 Å². The van der Waals surface area contributed by atoms with Gasteiger partial charge in [-0.05, 0) is 24.9 Å². The molecule has 130 valence electrons. The molecule has 24 heavy (non-hydrogen) atoms. The van der Waals surface area contributed by atoms with Gasteiger partial charge in [-0.3, -0.25) is 24.6 Å². The van der Waals surface area contributed by atoms with E-state index in [2.05, 4.69) is 9.97 Å². The summed E-state index contributed by atoms with van der Waals surface area (Å²) in [7, 11) is 0. The van der Waals surface area contributed by atoms with Gasteiger partial charge in [0, 0.05) is 24.7 Å². The van der Waals surface area contributed by atoms with Crippen molar-refractivity contribution in [2.45, 2.75) is 25.4 Å². The van der Waals surface area contributed by atoms with Gasteiger partial charge in [0.2, 0.25) is 0 Å². The summed E-state index contributed by atoms with van der Waals surface area (Å²) in [6.07, 6.45) is 1.79. The van der Waals surface area contributed by atoms with E-state index < -0.39 is 16.0 Å². The van der Waals surface area contributed by atoms with Crippen LogP contribution in [0.3, 0.4) is 0 Å². The van der Waals surface area contributed by atoms with Crippen molar-refractivity contribution >= 4 is 29.1 Å². The number of rotatable bonds is 4. The van der Waals surface area contributed by atoms with Crippen molar-refractivity contribution in [1.82, 2.24) is 14.9 Å². The lowest BCUT2D eigenvalue weighted by Crippen LogP contribution is -2.33. The molecule has 2 heterocycles. The maximum absolute atomic E-state index is 11.6. The van der Waals surface area contributed by atoms with Gasteiger partial charge in [-0.15, -0.1) is 12.4 Å². The minimum absolute atomic E-state index is 0. The summed E-state index contributed by atoms with van der Waals surface area (Å²) < 4.78 is 0. The summed E-state index contributed by atoms with van der Waals surface area (Å²) in [4.78, 5) is 40.5. The summed E-state index contributed by atoms with van der Waals surface area (Å²) in [5.74, 6) is 0. The first-order valence-electron chi connectivity index (χ1n) is 7.28. The number of likely N-dealkylation sites (tertiary alicyclic amines) is 1. The average molecular weight is 357 g/mol. The van der Waals surface area contributed by atoms with Crippen molar-refractivity contribution < 1.29 is 10.0 Å². The highest BCUT2D eigenvalue weighted by Crippen LogP contribution is 2.26. The SMILES string of the molecule is Cl.O=c1[nH]c2cc([N+](=O)[O-])cc(CN3CCCC3CO)c2[nH]c1=O. The van der Waals surface area contributed by atoms with E-state index in [9.17, 15) is 24.8 Å². The number of hydrogen-bond acceptors (Lipinski definition) is 6. The normalized spacial score (nSPS) is 17.8. The lowest BCUT2D eigenvalue weighted by atomic mass is 10.1. The maximum atomic E-state index is 11.6. The molecule has 0 saturated carbocycles. The molecule has 1 saturated heterocycles. The first-order valence-corrected chi connectivity index (χ1v) is 7.28. The molecule has 9 nitrogen and oxygen atoms in total.